The minimum Gasteiger partial charge on any atom is -0.380 e. The van der Waals surface area contributed by atoms with Crippen LogP contribution in [0.25, 0.3) is 5.69 Å². The number of nitrogen functional groups attached to an aromatic ring is 1. The van der Waals surface area contributed by atoms with E-state index in [9.17, 15) is 4.79 Å². The lowest BCUT2D eigenvalue weighted by molar-refractivity contribution is 0.0978. The van der Waals surface area contributed by atoms with E-state index in [2.05, 4.69) is 10.2 Å². The largest absolute Gasteiger partial charge is 0.380 e. The van der Waals surface area contributed by atoms with Crippen molar-refractivity contribution < 1.29 is 4.79 Å². The number of rotatable bonds is 5. The molecule has 0 amide bonds. The number of benzene rings is 2. The lowest BCUT2D eigenvalue weighted by Gasteiger charge is -1.99. The minimum atomic E-state index is -0.0939. The second-order valence-electron chi connectivity index (χ2n) is 4.97. The van der Waals surface area contributed by atoms with Crippen molar-refractivity contribution in [2.45, 2.75) is 12.8 Å². The predicted molar refractivity (Wildman–Crippen MR) is 84.9 cm³/mol. The van der Waals surface area contributed by atoms with Gasteiger partial charge in [-0.05, 0) is 24.1 Å². The fraction of sp³-hybridized carbons (Fsp3) is 0.118. The highest BCUT2D eigenvalue weighted by Crippen LogP contribution is 2.13. The number of hydrogen-bond donors (Lipinski definition) is 1. The third kappa shape index (κ3) is 3.03. The average molecular weight is 292 g/mol. The maximum absolute atomic E-state index is 12.3. The van der Waals surface area contributed by atoms with Crippen LogP contribution in [0.4, 0.5) is 5.82 Å². The fourth-order valence-electron chi connectivity index (χ4n) is 2.21. The quantitative estimate of drug-likeness (QED) is 0.734. The first-order valence-corrected chi connectivity index (χ1v) is 7.09. The van der Waals surface area contributed by atoms with Gasteiger partial charge in [0.05, 0.1) is 5.69 Å². The summed E-state index contributed by atoms with van der Waals surface area (Å²) in [4.78, 5) is 13.7. The normalized spacial score (nSPS) is 10.5. The Bertz CT molecular complexity index is 766. The highest BCUT2D eigenvalue weighted by molar-refractivity contribution is 5.98. The van der Waals surface area contributed by atoms with Crippen LogP contribution in [0.15, 0.2) is 60.7 Å². The Morgan fingerprint density at radius 3 is 2.27 bits per heavy atom. The highest BCUT2D eigenvalue weighted by Gasteiger charge is 2.16. The smallest absolute Gasteiger partial charge is 0.187 e. The first-order chi connectivity index (χ1) is 10.7. The number of anilines is 1. The molecule has 0 atom stereocenters. The van der Waals surface area contributed by atoms with Gasteiger partial charge in [-0.25, -0.2) is 0 Å². The summed E-state index contributed by atoms with van der Waals surface area (Å²) < 4.78 is 0. The summed E-state index contributed by atoms with van der Waals surface area (Å²) in [5.74, 6) is 0.0745. The van der Waals surface area contributed by atoms with Gasteiger partial charge in [0.2, 0.25) is 0 Å². The van der Waals surface area contributed by atoms with E-state index in [1.54, 1.807) is 0 Å². The molecule has 0 unspecified atom stereocenters. The molecule has 0 saturated heterocycles. The van der Waals surface area contributed by atoms with Crippen LogP contribution in [-0.2, 0) is 6.42 Å². The van der Waals surface area contributed by atoms with Crippen LogP contribution in [0, 0.1) is 0 Å². The zero-order chi connectivity index (χ0) is 15.4. The van der Waals surface area contributed by atoms with Gasteiger partial charge in [-0.15, -0.1) is 15.0 Å². The Kier molecular flexibility index (Phi) is 3.96. The maximum Gasteiger partial charge on any atom is 0.187 e. The van der Waals surface area contributed by atoms with Crippen LogP contribution in [0.1, 0.15) is 22.5 Å². The predicted octanol–water partition coefficient (Wildman–Crippen LogP) is 2.67. The molecule has 5 nitrogen and oxygen atoms in total. The van der Waals surface area contributed by atoms with Gasteiger partial charge in [0, 0.05) is 6.42 Å². The number of nitrogens with zero attached hydrogens (tertiary/aromatic N) is 3. The Balaban J connectivity index is 1.74. The van der Waals surface area contributed by atoms with Crippen molar-refractivity contribution in [2.75, 3.05) is 5.73 Å². The lowest BCUT2D eigenvalue weighted by Crippen LogP contribution is -2.06. The van der Waals surface area contributed by atoms with Crippen molar-refractivity contribution in [2.24, 2.45) is 0 Å². The molecule has 1 heterocycles. The number of hydrogen-bond acceptors (Lipinski definition) is 4. The van der Waals surface area contributed by atoms with Crippen LogP contribution in [-0.4, -0.2) is 20.8 Å². The molecule has 2 N–H and O–H groups in total. The van der Waals surface area contributed by atoms with E-state index in [4.69, 9.17) is 5.73 Å². The molecule has 3 aromatic rings. The van der Waals surface area contributed by atoms with E-state index >= 15 is 0 Å². The van der Waals surface area contributed by atoms with Gasteiger partial charge in [-0.2, -0.15) is 0 Å². The van der Waals surface area contributed by atoms with E-state index in [1.807, 2.05) is 60.7 Å². The SMILES string of the molecule is Nc1nn(-c2ccccc2)nc1C(=O)CCc1ccccc1. The molecule has 0 aliphatic carbocycles. The molecule has 5 heteroatoms. The topological polar surface area (TPSA) is 73.8 Å². The average Bonchev–Trinajstić information content (AvgIpc) is 2.96. The van der Waals surface area contributed by atoms with Crippen molar-refractivity contribution in [1.29, 1.82) is 0 Å². The molecule has 0 saturated carbocycles. The summed E-state index contributed by atoms with van der Waals surface area (Å²) in [6.07, 6.45) is 1.03. The third-order valence-corrected chi connectivity index (χ3v) is 3.37. The number of carbonyl (C=O) groups excluding carboxylic acids is 1. The van der Waals surface area contributed by atoms with Crippen molar-refractivity contribution in [1.82, 2.24) is 15.0 Å². The number of para-hydroxylation sites is 1. The molecule has 110 valence electrons. The monoisotopic (exact) mass is 292 g/mol. The zero-order valence-corrected chi connectivity index (χ0v) is 12.0. The summed E-state index contributed by atoms with van der Waals surface area (Å²) in [6.45, 7) is 0. The standard InChI is InChI=1S/C17H16N4O/c18-17-16(15(22)12-11-13-7-3-1-4-8-13)19-21(20-17)14-9-5-2-6-10-14/h1-10H,11-12H2,(H2,18,20). The second kappa shape index (κ2) is 6.22. The number of carbonyl (C=O) groups is 1. The number of ketones is 1. The number of nitrogens with two attached hydrogens (primary N) is 1. The number of aryl methyl sites for hydroxylation is 1. The van der Waals surface area contributed by atoms with E-state index in [0.717, 1.165) is 11.3 Å². The van der Waals surface area contributed by atoms with Gasteiger partial charge in [-0.3, -0.25) is 4.79 Å². The summed E-state index contributed by atoms with van der Waals surface area (Å²) in [7, 11) is 0. The van der Waals surface area contributed by atoms with Crippen LogP contribution in [0.5, 0.6) is 0 Å². The van der Waals surface area contributed by atoms with Crippen LogP contribution >= 0.6 is 0 Å². The molecular weight excluding hydrogens is 276 g/mol. The molecule has 2 aromatic carbocycles. The number of aromatic nitrogens is 3. The lowest BCUT2D eigenvalue weighted by atomic mass is 10.1. The molecule has 0 spiro atoms. The minimum absolute atomic E-state index is 0.0939. The Morgan fingerprint density at radius 1 is 0.955 bits per heavy atom. The van der Waals surface area contributed by atoms with E-state index in [-0.39, 0.29) is 17.3 Å². The van der Waals surface area contributed by atoms with Crippen molar-refractivity contribution in [3.63, 3.8) is 0 Å². The molecule has 0 bridgehead atoms. The fourth-order valence-corrected chi connectivity index (χ4v) is 2.21. The summed E-state index contributed by atoms with van der Waals surface area (Å²) in [6, 6.07) is 19.2. The van der Waals surface area contributed by atoms with Crippen LogP contribution in [0.3, 0.4) is 0 Å². The van der Waals surface area contributed by atoms with E-state index in [0.29, 0.717) is 12.8 Å². The summed E-state index contributed by atoms with van der Waals surface area (Å²) in [5.41, 5.74) is 7.96. The maximum atomic E-state index is 12.3. The molecule has 3 rings (SSSR count). The molecule has 0 aliphatic heterocycles. The molecule has 0 fully saturated rings. The Labute approximate surface area is 128 Å². The van der Waals surface area contributed by atoms with Crippen molar-refractivity contribution in [3.8, 4) is 5.69 Å². The summed E-state index contributed by atoms with van der Waals surface area (Å²) >= 11 is 0. The van der Waals surface area contributed by atoms with E-state index < -0.39 is 0 Å². The van der Waals surface area contributed by atoms with Gasteiger partial charge in [0.25, 0.3) is 0 Å². The van der Waals surface area contributed by atoms with Gasteiger partial charge >= 0.3 is 0 Å². The number of Topliss-reactive ketones (excluding diaryl/α,β-unsaturated/α-hetero) is 1. The van der Waals surface area contributed by atoms with Gasteiger partial charge in [0.1, 0.15) is 0 Å². The van der Waals surface area contributed by atoms with Crippen LogP contribution in [0.2, 0.25) is 0 Å². The first-order valence-electron chi connectivity index (χ1n) is 7.09. The molecule has 1 aromatic heterocycles. The first kappa shape index (κ1) is 14.0. The van der Waals surface area contributed by atoms with Crippen molar-refractivity contribution >= 4 is 11.6 Å². The molecule has 0 aliphatic rings. The summed E-state index contributed by atoms with van der Waals surface area (Å²) in [5, 5.41) is 8.34. The highest BCUT2D eigenvalue weighted by atomic mass is 16.1. The van der Waals surface area contributed by atoms with Gasteiger partial charge in [-0.1, -0.05) is 48.5 Å². The van der Waals surface area contributed by atoms with Crippen molar-refractivity contribution in [3.05, 3.63) is 71.9 Å². The Hall–Kier alpha value is -2.95. The second-order valence-corrected chi connectivity index (χ2v) is 4.97. The van der Waals surface area contributed by atoms with Gasteiger partial charge in [0.15, 0.2) is 17.3 Å². The van der Waals surface area contributed by atoms with Crippen LogP contribution < -0.4 is 5.73 Å². The third-order valence-electron chi connectivity index (χ3n) is 3.37. The molecule has 0 radical (unpaired) electrons. The zero-order valence-electron chi connectivity index (χ0n) is 12.0. The van der Waals surface area contributed by atoms with Gasteiger partial charge < -0.3 is 5.73 Å². The molecular formula is C17H16N4O. The Morgan fingerprint density at radius 2 is 1.59 bits per heavy atom. The molecule has 22 heavy (non-hydrogen) atoms. The van der Waals surface area contributed by atoms with E-state index in [1.165, 1.54) is 4.80 Å².